The van der Waals surface area contributed by atoms with Crippen LogP contribution < -0.4 is 5.32 Å². The summed E-state index contributed by atoms with van der Waals surface area (Å²) in [5.41, 5.74) is 3.30. The number of allylic oxidation sites excluding steroid dienone is 2. The molecule has 4 unspecified atom stereocenters. The molecule has 0 aromatic carbocycles. The van der Waals surface area contributed by atoms with Crippen LogP contribution in [0.15, 0.2) is 16.8 Å². The van der Waals surface area contributed by atoms with E-state index >= 15 is 0 Å². The summed E-state index contributed by atoms with van der Waals surface area (Å²) in [5.74, 6) is 2.03. The largest absolute Gasteiger partial charge is 0.411 e. The Bertz CT molecular complexity index is 1100. The smallest absolute Gasteiger partial charge is 0.229 e. The fourth-order valence-corrected chi connectivity index (χ4v) is 12.0. The molecular weight excluding hydrogens is 494 g/mol. The molecule has 0 radical (unpaired) electrons. The van der Waals surface area contributed by atoms with Crippen LogP contribution in [0.25, 0.3) is 0 Å². The van der Waals surface area contributed by atoms with E-state index in [4.69, 9.17) is 0 Å². The molecule has 224 valence electrons. The molecule has 1 heterocycles. The number of fused-ring (bicyclic) bond motifs is 7. The van der Waals surface area contributed by atoms with Gasteiger partial charge in [0, 0.05) is 25.0 Å². The highest BCUT2D eigenvalue weighted by molar-refractivity contribution is 5.90. The Morgan fingerprint density at radius 3 is 2.45 bits per heavy atom. The van der Waals surface area contributed by atoms with Gasteiger partial charge in [0.1, 0.15) is 0 Å². The first-order valence-corrected chi connectivity index (χ1v) is 16.7. The average Bonchev–Trinajstić information content (AvgIpc) is 3.18. The zero-order valence-electron chi connectivity index (χ0n) is 26.7. The van der Waals surface area contributed by atoms with E-state index in [1.807, 2.05) is 0 Å². The van der Waals surface area contributed by atoms with Crippen molar-refractivity contribution in [2.75, 3.05) is 26.2 Å². The second-order valence-electron chi connectivity index (χ2n) is 17.0. The van der Waals surface area contributed by atoms with Crippen LogP contribution in [0.1, 0.15) is 119 Å². The highest BCUT2D eigenvalue weighted by atomic mass is 16.4. The molecule has 0 spiro atoms. The van der Waals surface area contributed by atoms with Gasteiger partial charge < -0.3 is 15.4 Å². The van der Waals surface area contributed by atoms with E-state index in [0.717, 1.165) is 89.7 Å². The molecule has 0 aromatic rings. The number of nitrogens with zero attached hydrogens (tertiary/aromatic N) is 2. The molecule has 1 aliphatic heterocycles. The van der Waals surface area contributed by atoms with Crippen molar-refractivity contribution in [3.63, 3.8) is 0 Å². The first-order chi connectivity index (χ1) is 18.8. The number of oxime groups is 1. The van der Waals surface area contributed by atoms with Crippen molar-refractivity contribution < 1.29 is 10.0 Å². The molecule has 6 aliphatic rings. The fraction of sp³-hybridized carbons (Fsp3) is 0.886. The van der Waals surface area contributed by atoms with Crippen molar-refractivity contribution in [1.29, 1.82) is 0 Å². The molecule has 5 fully saturated rings. The first-order valence-electron chi connectivity index (χ1n) is 16.7. The van der Waals surface area contributed by atoms with Gasteiger partial charge in [-0.2, -0.15) is 0 Å². The second-order valence-corrected chi connectivity index (χ2v) is 17.0. The summed E-state index contributed by atoms with van der Waals surface area (Å²) in [6.45, 7) is 21.2. The topological polar surface area (TPSA) is 64.9 Å². The minimum Gasteiger partial charge on any atom is -0.411 e. The van der Waals surface area contributed by atoms with Gasteiger partial charge >= 0.3 is 0 Å². The molecule has 0 bridgehead atoms. The van der Waals surface area contributed by atoms with Crippen molar-refractivity contribution in [3.8, 4) is 0 Å². The molecule has 40 heavy (non-hydrogen) atoms. The van der Waals surface area contributed by atoms with E-state index in [1.165, 1.54) is 12.8 Å². The summed E-state index contributed by atoms with van der Waals surface area (Å²) >= 11 is 0. The van der Waals surface area contributed by atoms with Gasteiger partial charge in [-0.1, -0.05) is 65.3 Å². The Morgan fingerprint density at radius 1 is 0.950 bits per heavy atom. The van der Waals surface area contributed by atoms with E-state index in [2.05, 4.69) is 69.9 Å². The molecular formula is C35H57N3O2. The lowest BCUT2D eigenvalue weighted by Gasteiger charge is -2.71. The summed E-state index contributed by atoms with van der Waals surface area (Å²) in [6.07, 6.45) is 15.0. The molecule has 5 aliphatic carbocycles. The van der Waals surface area contributed by atoms with Crippen molar-refractivity contribution in [3.05, 3.63) is 11.6 Å². The maximum absolute atomic E-state index is 14.6. The number of amides is 1. The van der Waals surface area contributed by atoms with Gasteiger partial charge in [-0.05, 0) is 117 Å². The summed E-state index contributed by atoms with van der Waals surface area (Å²) in [5, 5.41) is 17.2. The first kappa shape index (κ1) is 28.7. The molecule has 6 rings (SSSR count). The Hall–Kier alpha value is -1.36. The van der Waals surface area contributed by atoms with Crippen LogP contribution in [0.3, 0.4) is 0 Å². The summed E-state index contributed by atoms with van der Waals surface area (Å²) in [6, 6.07) is 0. The summed E-state index contributed by atoms with van der Waals surface area (Å²) in [7, 11) is 0. The van der Waals surface area contributed by atoms with Crippen LogP contribution in [-0.2, 0) is 4.79 Å². The van der Waals surface area contributed by atoms with Gasteiger partial charge in [-0.25, -0.2) is 0 Å². The van der Waals surface area contributed by atoms with Crippen molar-refractivity contribution in [1.82, 2.24) is 10.2 Å². The minimum absolute atomic E-state index is 0.0580. The Morgan fingerprint density at radius 2 is 1.70 bits per heavy atom. The van der Waals surface area contributed by atoms with E-state index in [0.29, 0.717) is 23.7 Å². The molecule has 1 saturated heterocycles. The lowest BCUT2D eigenvalue weighted by Crippen LogP contribution is -2.65. The standard InChI is InChI=1S/C35H57N3O2/c1-30(2)15-17-35(29(39)38-21-8-19-36-20-22-38)18-16-33(6)24(25(35)23-30)9-10-27-32(5)13-12-28(37-40)31(3,4)26(32)11-14-34(27,33)7/h9,25-27,36,40H,8,10-23H2,1-7H3/b37-28+/t25?,26?,27?,32-,33+,34+,35?/m0/s1. The quantitative estimate of drug-likeness (QED) is 0.202. The predicted octanol–water partition coefficient (Wildman–Crippen LogP) is 7.44. The number of carbonyl (C=O) groups is 1. The molecule has 1 amide bonds. The third-order valence-electron chi connectivity index (χ3n) is 14.6. The number of rotatable bonds is 1. The van der Waals surface area contributed by atoms with Crippen LogP contribution in [0, 0.1) is 50.2 Å². The Balaban J connectivity index is 1.40. The van der Waals surface area contributed by atoms with Gasteiger partial charge in [0.2, 0.25) is 5.91 Å². The highest BCUT2D eigenvalue weighted by Crippen LogP contribution is 2.75. The summed E-state index contributed by atoms with van der Waals surface area (Å²) in [4.78, 5) is 16.9. The zero-order chi connectivity index (χ0) is 28.8. The van der Waals surface area contributed by atoms with Crippen LogP contribution in [0.2, 0.25) is 0 Å². The zero-order valence-corrected chi connectivity index (χ0v) is 26.7. The van der Waals surface area contributed by atoms with Crippen LogP contribution >= 0.6 is 0 Å². The van der Waals surface area contributed by atoms with E-state index < -0.39 is 0 Å². The third-order valence-corrected chi connectivity index (χ3v) is 14.6. The SMILES string of the molecule is CC1(C)CCC2(C(=O)N3CCCNCC3)CC[C@]3(C)C(=CCC4[C@@]5(C)CC/C(=N\O)C(C)(C)C5CC[C@]43C)C2C1. The lowest BCUT2D eigenvalue weighted by atomic mass is 9.33. The van der Waals surface area contributed by atoms with Gasteiger partial charge in [0.05, 0.1) is 11.1 Å². The maximum Gasteiger partial charge on any atom is 0.229 e. The minimum atomic E-state index is -0.213. The number of hydrogen-bond acceptors (Lipinski definition) is 4. The Labute approximate surface area is 244 Å². The van der Waals surface area contributed by atoms with Crippen LogP contribution in [0.4, 0.5) is 0 Å². The van der Waals surface area contributed by atoms with Crippen molar-refractivity contribution in [2.24, 2.45) is 55.4 Å². The third kappa shape index (κ3) is 3.80. The van der Waals surface area contributed by atoms with Gasteiger partial charge in [0.15, 0.2) is 0 Å². The average molecular weight is 552 g/mol. The van der Waals surface area contributed by atoms with E-state index in [-0.39, 0.29) is 32.5 Å². The highest BCUT2D eigenvalue weighted by Gasteiger charge is 2.69. The van der Waals surface area contributed by atoms with E-state index in [9.17, 15) is 10.0 Å². The fourth-order valence-electron chi connectivity index (χ4n) is 12.0. The summed E-state index contributed by atoms with van der Waals surface area (Å²) < 4.78 is 0. The Kier molecular flexibility index (Phi) is 6.70. The molecule has 7 atom stereocenters. The number of hydrogen-bond donors (Lipinski definition) is 2. The number of carbonyl (C=O) groups excluding carboxylic acids is 1. The molecule has 5 nitrogen and oxygen atoms in total. The van der Waals surface area contributed by atoms with Crippen LogP contribution in [0.5, 0.6) is 0 Å². The maximum atomic E-state index is 14.6. The van der Waals surface area contributed by atoms with Gasteiger partial charge in [-0.3, -0.25) is 4.79 Å². The van der Waals surface area contributed by atoms with Crippen LogP contribution in [-0.4, -0.2) is 47.9 Å². The number of nitrogens with one attached hydrogen (secondary N) is 1. The lowest BCUT2D eigenvalue weighted by molar-refractivity contribution is -0.175. The monoisotopic (exact) mass is 551 g/mol. The normalized spacial score (nSPS) is 47.2. The van der Waals surface area contributed by atoms with Crippen molar-refractivity contribution >= 4 is 11.6 Å². The van der Waals surface area contributed by atoms with E-state index in [1.54, 1.807) is 5.57 Å². The predicted molar refractivity (Wildman–Crippen MR) is 162 cm³/mol. The molecule has 0 aromatic heterocycles. The van der Waals surface area contributed by atoms with Gasteiger partial charge in [0.25, 0.3) is 0 Å². The molecule has 5 heteroatoms. The van der Waals surface area contributed by atoms with Crippen molar-refractivity contribution in [2.45, 2.75) is 119 Å². The second kappa shape index (κ2) is 9.32. The molecule has 4 saturated carbocycles. The van der Waals surface area contributed by atoms with Gasteiger partial charge in [-0.15, -0.1) is 0 Å². The molecule has 2 N–H and O–H groups in total.